The van der Waals surface area contributed by atoms with Gasteiger partial charge in [0.25, 0.3) is 0 Å². The Balaban J connectivity index is 0.00000462. The third-order valence-electron chi connectivity index (χ3n) is 7.40. The molecule has 1 aliphatic heterocycles. The summed E-state index contributed by atoms with van der Waals surface area (Å²) < 4.78 is 39.5. The van der Waals surface area contributed by atoms with Crippen molar-refractivity contribution in [1.29, 1.82) is 0 Å². The van der Waals surface area contributed by atoms with Crippen molar-refractivity contribution in [3.63, 3.8) is 0 Å². The molecule has 0 saturated carbocycles. The highest BCUT2D eigenvalue weighted by Gasteiger charge is 2.51. The summed E-state index contributed by atoms with van der Waals surface area (Å²) in [6.45, 7) is 5.50. The molecular formula is C30H37ClF3N5O2. The molecule has 1 amide bonds. The number of nitrogens with one attached hydrogen (secondary N) is 1. The van der Waals surface area contributed by atoms with E-state index in [0.29, 0.717) is 19.5 Å². The Morgan fingerprint density at radius 2 is 1.56 bits per heavy atom. The average Bonchev–Trinajstić information content (AvgIpc) is 2.94. The van der Waals surface area contributed by atoms with E-state index in [4.69, 9.17) is 5.73 Å². The molecule has 222 valence electrons. The second kappa shape index (κ2) is 14.2. The zero-order valence-electron chi connectivity index (χ0n) is 23.0. The molecule has 2 heterocycles. The number of hydrogen-bond donors (Lipinski definition) is 3. The Morgan fingerprint density at radius 1 is 0.976 bits per heavy atom. The van der Waals surface area contributed by atoms with Crippen LogP contribution in [0.1, 0.15) is 30.0 Å². The van der Waals surface area contributed by atoms with Crippen LogP contribution in [-0.4, -0.2) is 70.7 Å². The van der Waals surface area contributed by atoms with E-state index >= 15 is 0 Å². The molecule has 2 unspecified atom stereocenters. The number of carbonyl (C=O) groups is 1. The molecule has 2 atom stereocenters. The molecule has 0 radical (unpaired) electrons. The van der Waals surface area contributed by atoms with E-state index in [2.05, 4.69) is 20.1 Å². The Bertz CT molecular complexity index is 1240. The molecule has 7 nitrogen and oxygen atoms in total. The number of aromatic nitrogens is 1. The Hall–Kier alpha value is -3.02. The van der Waals surface area contributed by atoms with Crippen LogP contribution in [0.15, 0.2) is 73.1 Å². The van der Waals surface area contributed by atoms with Crippen molar-refractivity contribution in [2.75, 3.05) is 32.7 Å². The summed E-state index contributed by atoms with van der Waals surface area (Å²) in [6.07, 6.45) is -0.816. The minimum Gasteiger partial charge on any atom is -0.376 e. The fourth-order valence-electron chi connectivity index (χ4n) is 4.93. The van der Waals surface area contributed by atoms with Gasteiger partial charge in [-0.3, -0.25) is 19.6 Å². The van der Waals surface area contributed by atoms with E-state index in [-0.39, 0.29) is 29.9 Å². The Labute approximate surface area is 245 Å². The summed E-state index contributed by atoms with van der Waals surface area (Å²) in [5.74, 6) is -0.0101. The summed E-state index contributed by atoms with van der Waals surface area (Å²) >= 11 is 0. The van der Waals surface area contributed by atoms with Gasteiger partial charge in [-0.2, -0.15) is 13.2 Å². The van der Waals surface area contributed by atoms with Crippen molar-refractivity contribution >= 4 is 18.3 Å². The van der Waals surface area contributed by atoms with Crippen molar-refractivity contribution in [1.82, 2.24) is 20.1 Å². The lowest BCUT2D eigenvalue weighted by Crippen LogP contribution is -2.53. The molecule has 41 heavy (non-hydrogen) atoms. The SMILES string of the molecule is CC(O)(c1ccc(-c2ccc(CN3CCN(Cc4ccncc4)C(CC(=O)NCCN)C3)cc2)cc1)C(F)(F)F.Cl. The average molecular weight is 592 g/mol. The van der Waals surface area contributed by atoms with Crippen molar-refractivity contribution < 1.29 is 23.1 Å². The number of nitrogens with two attached hydrogens (primary N) is 1. The number of pyridine rings is 1. The van der Waals surface area contributed by atoms with E-state index in [1.54, 1.807) is 24.5 Å². The molecule has 0 spiro atoms. The van der Waals surface area contributed by atoms with Crippen LogP contribution in [0, 0.1) is 0 Å². The summed E-state index contributed by atoms with van der Waals surface area (Å²) in [5, 5.41) is 12.8. The first kappa shape index (κ1) is 32.5. The van der Waals surface area contributed by atoms with Crippen LogP contribution in [0.2, 0.25) is 0 Å². The number of rotatable bonds is 10. The first-order valence-corrected chi connectivity index (χ1v) is 13.4. The van der Waals surface area contributed by atoms with Crippen LogP contribution in [0.5, 0.6) is 0 Å². The summed E-state index contributed by atoms with van der Waals surface area (Å²) in [4.78, 5) is 21.3. The topological polar surface area (TPSA) is 94.7 Å². The number of carbonyl (C=O) groups excluding carboxylic acids is 1. The van der Waals surface area contributed by atoms with Crippen LogP contribution >= 0.6 is 12.4 Å². The first-order valence-electron chi connectivity index (χ1n) is 13.4. The van der Waals surface area contributed by atoms with Gasteiger partial charge in [0, 0.05) is 70.7 Å². The van der Waals surface area contributed by atoms with Crippen molar-refractivity contribution in [3.8, 4) is 11.1 Å². The van der Waals surface area contributed by atoms with E-state index in [9.17, 15) is 23.1 Å². The zero-order valence-corrected chi connectivity index (χ0v) is 23.8. The van der Waals surface area contributed by atoms with Crippen molar-refractivity contribution in [3.05, 3.63) is 89.7 Å². The molecule has 3 aromatic rings. The number of alkyl halides is 3. The van der Waals surface area contributed by atoms with Gasteiger partial charge in [0.1, 0.15) is 0 Å². The Morgan fingerprint density at radius 3 is 2.15 bits per heavy atom. The zero-order chi connectivity index (χ0) is 28.8. The van der Waals surface area contributed by atoms with Gasteiger partial charge in [0.15, 0.2) is 5.60 Å². The van der Waals surface area contributed by atoms with Crippen LogP contribution < -0.4 is 11.1 Å². The van der Waals surface area contributed by atoms with E-state index in [0.717, 1.165) is 61.9 Å². The van der Waals surface area contributed by atoms with Gasteiger partial charge >= 0.3 is 6.18 Å². The molecule has 2 aromatic carbocycles. The molecule has 4 rings (SSSR count). The van der Waals surface area contributed by atoms with Gasteiger partial charge in [0.2, 0.25) is 5.91 Å². The predicted octanol–water partition coefficient (Wildman–Crippen LogP) is 4.09. The highest BCUT2D eigenvalue weighted by atomic mass is 35.5. The van der Waals surface area contributed by atoms with Crippen LogP contribution in [0.3, 0.4) is 0 Å². The molecule has 1 aliphatic rings. The lowest BCUT2D eigenvalue weighted by atomic mass is 9.93. The molecule has 0 bridgehead atoms. The van der Waals surface area contributed by atoms with Gasteiger partial charge in [-0.05, 0) is 46.9 Å². The smallest absolute Gasteiger partial charge is 0.376 e. The summed E-state index contributed by atoms with van der Waals surface area (Å²) in [7, 11) is 0. The molecule has 1 fully saturated rings. The monoisotopic (exact) mass is 591 g/mol. The molecule has 1 aromatic heterocycles. The van der Waals surface area contributed by atoms with Crippen LogP contribution in [0.4, 0.5) is 13.2 Å². The standard InChI is InChI=1S/C30H36F3N5O2.ClH/c1-29(40,30(31,32)33)26-8-6-25(7-9-26)24-4-2-22(3-5-24)19-37-16-17-38(20-23-10-13-35-14-11-23)27(21-37)18-28(39)36-15-12-34;/h2-11,13-14,27,40H,12,15-21,34H2,1H3,(H,36,39);1H. The second-order valence-electron chi connectivity index (χ2n) is 10.4. The number of halogens is 4. The lowest BCUT2D eigenvalue weighted by Gasteiger charge is -2.41. The minimum atomic E-state index is -4.76. The Kier molecular flexibility index (Phi) is 11.3. The second-order valence-corrected chi connectivity index (χ2v) is 10.4. The largest absolute Gasteiger partial charge is 0.421 e. The van der Waals surface area contributed by atoms with E-state index in [1.807, 2.05) is 36.4 Å². The van der Waals surface area contributed by atoms with Crippen LogP contribution in [-0.2, 0) is 23.5 Å². The van der Waals surface area contributed by atoms with E-state index in [1.165, 1.54) is 12.1 Å². The number of benzene rings is 2. The maximum absolute atomic E-state index is 13.2. The van der Waals surface area contributed by atoms with Crippen LogP contribution in [0.25, 0.3) is 11.1 Å². The number of nitrogens with zero attached hydrogens (tertiary/aromatic N) is 3. The maximum atomic E-state index is 13.2. The van der Waals surface area contributed by atoms with E-state index < -0.39 is 11.8 Å². The molecule has 0 aliphatic carbocycles. The highest BCUT2D eigenvalue weighted by Crippen LogP contribution is 2.39. The summed E-state index contributed by atoms with van der Waals surface area (Å²) in [6, 6.07) is 17.8. The minimum absolute atomic E-state index is 0. The normalized spacial score (nSPS) is 17.9. The number of piperazine rings is 1. The van der Waals surface area contributed by atoms with Crippen molar-refractivity contribution in [2.45, 2.75) is 44.3 Å². The fraction of sp³-hybridized carbons (Fsp3) is 0.400. The van der Waals surface area contributed by atoms with Gasteiger partial charge in [-0.1, -0.05) is 48.5 Å². The number of amides is 1. The van der Waals surface area contributed by atoms with Gasteiger partial charge in [0.05, 0.1) is 0 Å². The first-order chi connectivity index (χ1) is 19.1. The summed E-state index contributed by atoms with van der Waals surface area (Å²) in [5.41, 5.74) is 6.34. The fourth-order valence-corrected chi connectivity index (χ4v) is 4.93. The lowest BCUT2D eigenvalue weighted by molar-refractivity contribution is -0.258. The predicted molar refractivity (Wildman–Crippen MR) is 155 cm³/mol. The molecule has 4 N–H and O–H groups in total. The highest BCUT2D eigenvalue weighted by molar-refractivity contribution is 5.85. The molecular weight excluding hydrogens is 555 g/mol. The third-order valence-corrected chi connectivity index (χ3v) is 7.40. The number of hydrogen-bond acceptors (Lipinski definition) is 6. The quantitative estimate of drug-likeness (QED) is 0.329. The van der Waals surface area contributed by atoms with Gasteiger partial charge < -0.3 is 16.2 Å². The van der Waals surface area contributed by atoms with Gasteiger partial charge in [-0.15, -0.1) is 12.4 Å². The number of aliphatic hydroxyl groups is 1. The molecule has 11 heteroatoms. The molecule has 1 saturated heterocycles. The third kappa shape index (κ3) is 8.50. The van der Waals surface area contributed by atoms with Gasteiger partial charge in [-0.25, -0.2) is 0 Å². The maximum Gasteiger partial charge on any atom is 0.421 e. The van der Waals surface area contributed by atoms with Crippen molar-refractivity contribution in [2.24, 2.45) is 5.73 Å².